The van der Waals surface area contributed by atoms with Gasteiger partial charge in [0.25, 0.3) is 5.56 Å². The third-order valence-electron chi connectivity index (χ3n) is 6.26. The maximum absolute atomic E-state index is 13.0. The van der Waals surface area contributed by atoms with Gasteiger partial charge >= 0.3 is 0 Å². The summed E-state index contributed by atoms with van der Waals surface area (Å²) >= 11 is 6.97. The van der Waals surface area contributed by atoms with Crippen LogP contribution >= 0.6 is 11.6 Å². The molecule has 4 aromatic rings. The van der Waals surface area contributed by atoms with Crippen molar-refractivity contribution in [1.82, 2.24) is 19.7 Å². The number of hydrogen-bond acceptors (Lipinski definition) is 5. The monoisotopic (exact) mass is 489 g/mol. The van der Waals surface area contributed by atoms with E-state index in [4.69, 9.17) is 22.1 Å². The van der Waals surface area contributed by atoms with Crippen LogP contribution in [0.3, 0.4) is 0 Å². The number of piperidine rings is 1. The number of anilines is 1. The van der Waals surface area contributed by atoms with Crippen molar-refractivity contribution in [3.63, 3.8) is 0 Å². The minimum atomic E-state index is -0.390. The topological polar surface area (TPSA) is 106 Å². The van der Waals surface area contributed by atoms with Crippen molar-refractivity contribution < 1.29 is 9.53 Å². The van der Waals surface area contributed by atoms with E-state index in [9.17, 15) is 9.59 Å². The summed E-state index contributed by atoms with van der Waals surface area (Å²) in [5, 5.41) is 7.32. The second kappa shape index (κ2) is 9.31. The number of carbonyl (C=O) groups excluding carboxylic acids is 1. The van der Waals surface area contributed by atoms with Gasteiger partial charge in [-0.25, -0.2) is 5.10 Å². The van der Waals surface area contributed by atoms with Gasteiger partial charge < -0.3 is 19.9 Å². The number of para-hydroxylation sites is 1. The SMILES string of the molecule is C=CC(=O)N1CCCC(n2c(Cl)c(-c3ccc(Oc4ccccc4)cc3)c3c(N)n[nH]c(=O)c32)C1. The van der Waals surface area contributed by atoms with Crippen molar-refractivity contribution in [3.8, 4) is 22.6 Å². The lowest BCUT2D eigenvalue weighted by atomic mass is 10.1. The number of rotatable bonds is 5. The summed E-state index contributed by atoms with van der Waals surface area (Å²) in [5.74, 6) is 1.42. The molecule has 1 unspecified atom stereocenters. The molecule has 0 radical (unpaired) electrons. The predicted octanol–water partition coefficient (Wildman–Crippen LogP) is 4.77. The van der Waals surface area contributed by atoms with E-state index in [1.807, 2.05) is 54.6 Å². The average Bonchev–Trinajstić information content (AvgIpc) is 3.21. The van der Waals surface area contributed by atoms with Crippen LogP contribution in [-0.2, 0) is 4.79 Å². The third kappa shape index (κ3) is 4.17. The van der Waals surface area contributed by atoms with Crippen LogP contribution in [0.1, 0.15) is 18.9 Å². The van der Waals surface area contributed by atoms with Crippen molar-refractivity contribution in [3.05, 3.63) is 82.8 Å². The number of hydrogen-bond donors (Lipinski definition) is 2. The summed E-state index contributed by atoms with van der Waals surface area (Å²) in [6.45, 7) is 4.64. The van der Waals surface area contributed by atoms with E-state index in [0.29, 0.717) is 40.5 Å². The van der Waals surface area contributed by atoms with Crippen LogP contribution in [0, 0.1) is 0 Å². The van der Waals surface area contributed by atoms with Crippen molar-refractivity contribution in [1.29, 1.82) is 0 Å². The first kappa shape index (κ1) is 22.7. The number of aromatic amines is 1. The molecule has 0 aliphatic carbocycles. The van der Waals surface area contributed by atoms with Crippen LogP contribution in [0.5, 0.6) is 11.5 Å². The van der Waals surface area contributed by atoms with E-state index in [1.54, 1.807) is 9.47 Å². The largest absolute Gasteiger partial charge is 0.457 e. The van der Waals surface area contributed by atoms with Crippen LogP contribution in [0.2, 0.25) is 5.15 Å². The number of nitrogens with one attached hydrogen (secondary N) is 1. The highest BCUT2D eigenvalue weighted by atomic mass is 35.5. The summed E-state index contributed by atoms with van der Waals surface area (Å²) in [4.78, 5) is 26.9. The molecule has 0 spiro atoms. The van der Waals surface area contributed by atoms with Gasteiger partial charge in [0.2, 0.25) is 5.91 Å². The molecule has 8 nitrogen and oxygen atoms in total. The fraction of sp³-hybridized carbons (Fsp3) is 0.192. The molecule has 2 aromatic heterocycles. The van der Waals surface area contributed by atoms with Gasteiger partial charge in [-0.05, 0) is 48.7 Å². The van der Waals surface area contributed by atoms with Crippen molar-refractivity contribution in [2.24, 2.45) is 0 Å². The molecule has 2 aromatic carbocycles. The molecule has 1 saturated heterocycles. The average molecular weight is 490 g/mol. The second-order valence-corrected chi connectivity index (χ2v) is 8.78. The van der Waals surface area contributed by atoms with Crippen LogP contribution < -0.4 is 16.0 Å². The van der Waals surface area contributed by atoms with Crippen LogP contribution in [-0.4, -0.2) is 38.7 Å². The number of H-pyrrole nitrogens is 1. The predicted molar refractivity (Wildman–Crippen MR) is 137 cm³/mol. The van der Waals surface area contributed by atoms with E-state index in [-0.39, 0.29) is 17.8 Å². The zero-order valence-electron chi connectivity index (χ0n) is 18.9. The Kier molecular flexibility index (Phi) is 6.05. The molecule has 1 fully saturated rings. The number of nitrogens with two attached hydrogens (primary N) is 1. The highest BCUT2D eigenvalue weighted by Crippen LogP contribution is 2.42. The smallest absolute Gasteiger partial charge is 0.288 e. The summed E-state index contributed by atoms with van der Waals surface area (Å²) in [6, 6.07) is 16.7. The molecular formula is C26H24ClN5O3. The summed E-state index contributed by atoms with van der Waals surface area (Å²) in [6.07, 6.45) is 2.84. The number of nitrogens with zero attached hydrogens (tertiary/aromatic N) is 3. The highest BCUT2D eigenvalue weighted by Gasteiger charge is 2.30. The van der Waals surface area contributed by atoms with Gasteiger partial charge in [-0.15, -0.1) is 0 Å². The Morgan fingerprint density at radius 1 is 1.17 bits per heavy atom. The number of benzene rings is 2. The molecule has 0 bridgehead atoms. The molecule has 178 valence electrons. The molecular weight excluding hydrogens is 466 g/mol. The Balaban J connectivity index is 1.60. The lowest BCUT2D eigenvalue weighted by Gasteiger charge is -2.33. The number of amides is 1. The Hall–Kier alpha value is -4.04. The van der Waals surface area contributed by atoms with Gasteiger partial charge in [-0.3, -0.25) is 9.59 Å². The molecule has 0 saturated carbocycles. The molecule has 1 aliphatic rings. The first-order valence-corrected chi connectivity index (χ1v) is 11.7. The lowest BCUT2D eigenvalue weighted by molar-refractivity contribution is -0.127. The van der Waals surface area contributed by atoms with Gasteiger partial charge in [-0.1, -0.05) is 48.5 Å². The lowest BCUT2D eigenvalue weighted by Crippen LogP contribution is -2.40. The van der Waals surface area contributed by atoms with E-state index in [0.717, 1.165) is 24.2 Å². The van der Waals surface area contributed by atoms with E-state index < -0.39 is 5.56 Å². The van der Waals surface area contributed by atoms with Crippen molar-refractivity contribution in [2.45, 2.75) is 18.9 Å². The number of fused-ring (bicyclic) bond motifs is 1. The number of nitrogen functional groups attached to an aromatic ring is 1. The molecule has 9 heteroatoms. The molecule has 1 aliphatic heterocycles. The minimum absolute atomic E-state index is 0.147. The van der Waals surface area contributed by atoms with Gasteiger partial charge in [0.1, 0.15) is 22.2 Å². The number of aromatic nitrogens is 3. The zero-order valence-corrected chi connectivity index (χ0v) is 19.7. The highest BCUT2D eigenvalue weighted by molar-refractivity contribution is 6.35. The Bertz CT molecular complexity index is 1460. The van der Waals surface area contributed by atoms with Gasteiger partial charge in [0.05, 0.1) is 11.4 Å². The summed E-state index contributed by atoms with van der Waals surface area (Å²) in [7, 11) is 0. The van der Waals surface area contributed by atoms with Gasteiger partial charge in [0, 0.05) is 18.7 Å². The quantitative estimate of drug-likeness (QED) is 0.393. The maximum atomic E-state index is 13.0. The summed E-state index contributed by atoms with van der Waals surface area (Å²) < 4.78 is 7.69. The number of carbonyl (C=O) groups is 1. The minimum Gasteiger partial charge on any atom is -0.457 e. The summed E-state index contributed by atoms with van der Waals surface area (Å²) in [5.41, 5.74) is 7.60. The number of ether oxygens (including phenoxy) is 1. The maximum Gasteiger partial charge on any atom is 0.288 e. The fourth-order valence-corrected chi connectivity index (χ4v) is 5.09. The number of halogens is 1. The molecule has 5 rings (SSSR count). The third-order valence-corrected chi connectivity index (χ3v) is 6.64. The molecule has 3 heterocycles. The first-order valence-electron chi connectivity index (χ1n) is 11.3. The normalized spacial score (nSPS) is 15.8. The van der Waals surface area contributed by atoms with E-state index >= 15 is 0 Å². The van der Waals surface area contributed by atoms with Gasteiger partial charge in [0.15, 0.2) is 5.82 Å². The standard InChI is InChI=1S/C26H24ClN5O3/c1-2-20(33)31-14-6-7-17(15-31)32-23-22(25(28)29-30-26(23)34)21(24(32)27)16-10-12-19(13-11-16)35-18-8-4-3-5-9-18/h2-5,8-13,17H,1,6-7,14-15H2,(H2,28,29)(H,30,34). The van der Waals surface area contributed by atoms with Gasteiger partial charge in [-0.2, -0.15) is 5.10 Å². The Morgan fingerprint density at radius 2 is 1.89 bits per heavy atom. The molecule has 1 amide bonds. The van der Waals surface area contributed by atoms with E-state index in [1.165, 1.54) is 6.08 Å². The van der Waals surface area contributed by atoms with Crippen LogP contribution in [0.4, 0.5) is 5.82 Å². The van der Waals surface area contributed by atoms with Crippen LogP contribution in [0.15, 0.2) is 72.0 Å². The molecule has 3 N–H and O–H groups in total. The van der Waals surface area contributed by atoms with Crippen molar-refractivity contribution >= 4 is 34.2 Å². The fourth-order valence-electron chi connectivity index (χ4n) is 4.67. The Morgan fingerprint density at radius 3 is 2.60 bits per heavy atom. The molecule has 35 heavy (non-hydrogen) atoms. The first-order chi connectivity index (χ1) is 17.0. The second-order valence-electron chi connectivity index (χ2n) is 8.42. The van der Waals surface area contributed by atoms with Crippen LogP contribution in [0.25, 0.3) is 22.0 Å². The molecule has 1 atom stereocenters. The Labute approximate surface area is 206 Å². The van der Waals surface area contributed by atoms with E-state index in [2.05, 4.69) is 16.8 Å². The van der Waals surface area contributed by atoms with Crippen molar-refractivity contribution in [2.75, 3.05) is 18.8 Å². The zero-order chi connectivity index (χ0) is 24.5. The number of likely N-dealkylation sites (tertiary alicyclic amines) is 1.